The van der Waals surface area contributed by atoms with Crippen LogP contribution in [0, 0.1) is 6.92 Å². The van der Waals surface area contributed by atoms with E-state index < -0.39 is 6.09 Å². The highest BCUT2D eigenvalue weighted by Crippen LogP contribution is 2.09. The van der Waals surface area contributed by atoms with Gasteiger partial charge in [0.05, 0.1) is 0 Å². The van der Waals surface area contributed by atoms with Crippen molar-refractivity contribution >= 4 is 18.2 Å². The summed E-state index contributed by atoms with van der Waals surface area (Å²) in [4.78, 5) is 21.9. The van der Waals surface area contributed by atoms with E-state index in [1.165, 1.54) is 5.56 Å². The van der Waals surface area contributed by atoms with Crippen molar-refractivity contribution in [2.24, 2.45) is 0 Å². The molecule has 0 aromatic heterocycles. The minimum absolute atomic E-state index is 0.262. The Morgan fingerprint density at radius 1 is 1.04 bits per heavy atom. The van der Waals surface area contributed by atoms with E-state index in [1.807, 2.05) is 55.5 Å². The summed E-state index contributed by atoms with van der Waals surface area (Å²) in [6, 6.07) is 15.3. The quantitative estimate of drug-likeness (QED) is 0.772. The fourth-order valence-electron chi connectivity index (χ4n) is 2.03. The highest BCUT2D eigenvalue weighted by Gasteiger charge is 2.02. The van der Waals surface area contributed by atoms with Crippen molar-refractivity contribution in [2.75, 3.05) is 11.9 Å². The fraction of sp³-hybridized carbons (Fsp3) is 0.222. The second-order valence-electron chi connectivity index (χ2n) is 5.20. The van der Waals surface area contributed by atoms with Crippen molar-refractivity contribution in [3.05, 3.63) is 65.2 Å². The minimum Gasteiger partial charge on any atom is -0.445 e. The first-order valence-electron chi connectivity index (χ1n) is 7.42. The molecule has 120 valence electrons. The lowest BCUT2D eigenvalue weighted by molar-refractivity contribution is -0.105. The molecule has 0 atom stereocenters. The Bertz CT molecular complexity index is 636. The zero-order valence-electron chi connectivity index (χ0n) is 13.0. The van der Waals surface area contributed by atoms with Crippen molar-refractivity contribution in [3.8, 4) is 0 Å². The predicted octanol–water partition coefficient (Wildman–Crippen LogP) is 3.03. The molecule has 0 aliphatic rings. The molecule has 0 radical (unpaired) electrons. The zero-order valence-corrected chi connectivity index (χ0v) is 13.0. The smallest absolute Gasteiger partial charge is 0.407 e. The maximum Gasteiger partial charge on any atom is 0.407 e. The van der Waals surface area contributed by atoms with Crippen LogP contribution in [-0.4, -0.2) is 19.0 Å². The number of benzene rings is 2. The molecule has 5 heteroatoms. The number of amides is 2. The predicted molar refractivity (Wildman–Crippen MR) is 89.2 cm³/mol. The van der Waals surface area contributed by atoms with Gasteiger partial charge in [-0.15, -0.1) is 0 Å². The van der Waals surface area contributed by atoms with Crippen molar-refractivity contribution < 1.29 is 14.3 Å². The first-order valence-corrected chi connectivity index (χ1v) is 7.42. The number of aryl methyl sites for hydroxylation is 1. The zero-order chi connectivity index (χ0) is 16.5. The Kier molecular flexibility index (Phi) is 6.17. The monoisotopic (exact) mass is 312 g/mol. The van der Waals surface area contributed by atoms with Gasteiger partial charge in [-0.1, -0.05) is 42.0 Å². The Balaban J connectivity index is 1.68. The molecule has 0 heterocycles. The number of hydrogen-bond acceptors (Lipinski definition) is 3. The molecular formula is C18H20N2O3. The number of carbonyl (C=O) groups excluding carboxylic acids is 2. The highest BCUT2D eigenvalue weighted by atomic mass is 16.5. The van der Waals surface area contributed by atoms with Crippen LogP contribution >= 0.6 is 0 Å². The Morgan fingerprint density at radius 2 is 1.70 bits per heavy atom. The molecule has 0 aliphatic carbocycles. The van der Waals surface area contributed by atoms with E-state index in [1.54, 1.807) is 0 Å². The molecule has 2 aromatic carbocycles. The minimum atomic E-state index is -0.426. The number of rotatable bonds is 7. The third-order valence-electron chi connectivity index (χ3n) is 3.35. The van der Waals surface area contributed by atoms with Gasteiger partial charge in [-0.25, -0.2) is 4.79 Å². The summed E-state index contributed by atoms with van der Waals surface area (Å²) in [5.41, 5.74) is 3.95. The van der Waals surface area contributed by atoms with E-state index in [0.717, 1.165) is 16.8 Å². The molecule has 0 aliphatic heterocycles. The summed E-state index contributed by atoms with van der Waals surface area (Å²) >= 11 is 0. The van der Waals surface area contributed by atoms with Crippen molar-refractivity contribution in [1.29, 1.82) is 0 Å². The molecule has 2 N–H and O–H groups in total. The molecule has 2 amide bonds. The van der Waals surface area contributed by atoms with E-state index in [-0.39, 0.29) is 6.61 Å². The van der Waals surface area contributed by atoms with Gasteiger partial charge in [-0.2, -0.15) is 0 Å². The van der Waals surface area contributed by atoms with Crippen LogP contribution < -0.4 is 10.6 Å². The molecule has 0 saturated heterocycles. The lowest BCUT2D eigenvalue weighted by Gasteiger charge is -2.08. The second kappa shape index (κ2) is 8.58. The Morgan fingerprint density at radius 3 is 2.35 bits per heavy atom. The number of alkyl carbamates (subject to hydrolysis) is 1. The summed E-state index contributed by atoms with van der Waals surface area (Å²) in [7, 11) is 0. The summed E-state index contributed by atoms with van der Waals surface area (Å²) in [5, 5.41) is 5.29. The van der Waals surface area contributed by atoms with Crippen LogP contribution in [0.1, 0.15) is 16.7 Å². The molecule has 23 heavy (non-hydrogen) atoms. The number of hydrogen-bond donors (Lipinski definition) is 2. The van der Waals surface area contributed by atoms with Gasteiger partial charge in [0.1, 0.15) is 6.61 Å². The van der Waals surface area contributed by atoms with E-state index in [4.69, 9.17) is 4.74 Å². The van der Waals surface area contributed by atoms with Crippen LogP contribution in [0.4, 0.5) is 10.5 Å². The highest BCUT2D eigenvalue weighted by molar-refractivity contribution is 5.71. The average Bonchev–Trinajstić information content (AvgIpc) is 2.56. The SMILES string of the molecule is Cc1ccc(COC(=O)NCCc2ccc(NC=O)cc2)cc1. The van der Waals surface area contributed by atoms with Gasteiger partial charge >= 0.3 is 6.09 Å². The maximum atomic E-state index is 11.6. The van der Waals surface area contributed by atoms with Crippen molar-refractivity contribution in [3.63, 3.8) is 0 Å². The molecular weight excluding hydrogens is 292 g/mol. The largest absolute Gasteiger partial charge is 0.445 e. The topological polar surface area (TPSA) is 67.4 Å². The van der Waals surface area contributed by atoms with E-state index in [9.17, 15) is 9.59 Å². The third-order valence-corrected chi connectivity index (χ3v) is 3.35. The Labute approximate surface area is 135 Å². The Hall–Kier alpha value is -2.82. The number of carbonyl (C=O) groups is 2. The summed E-state index contributed by atoms with van der Waals surface area (Å²) in [6.07, 6.45) is 0.909. The van der Waals surface area contributed by atoms with Crippen molar-refractivity contribution in [1.82, 2.24) is 5.32 Å². The van der Waals surface area contributed by atoms with Crippen LogP contribution in [0.5, 0.6) is 0 Å². The lowest BCUT2D eigenvalue weighted by atomic mass is 10.1. The fourth-order valence-corrected chi connectivity index (χ4v) is 2.03. The number of anilines is 1. The van der Waals surface area contributed by atoms with E-state index >= 15 is 0 Å². The summed E-state index contributed by atoms with van der Waals surface area (Å²) in [5.74, 6) is 0. The third kappa shape index (κ3) is 5.82. The first-order chi connectivity index (χ1) is 11.2. The van der Waals surface area contributed by atoms with Gasteiger partial charge in [0.2, 0.25) is 6.41 Å². The first kappa shape index (κ1) is 16.5. The standard InChI is InChI=1S/C18H20N2O3/c1-14-2-4-16(5-3-14)12-23-18(22)19-11-10-15-6-8-17(9-7-15)20-13-21/h2-9,13H,10-12H2,1H3,(H,19,22)(H,20,21). The van der Waals surface area contributed by atoms with E-state index in [2.05, 4.69) is 10.6 Å². The molecule has 2 rings (SSSR count). The van der Waals surface area contributed by atoms with Gasteiger partial charge in [-0.3, -0.25) is 4.79 Å². The van der Waals surface area contributed by atoms with Crippen LogP contribution in [0.15, 0.2) is 48.5 Å². The molecule has 0 unspecified atom stereocenters. The van der Waals surface area contributed by atoms with Gasteiger partial charge in [0.15, 0.2) is 0 Å². The molecule has 0 spiro atoms. The van der Waals surface area contributed by atoms with Crippen molar-refractivity contribution in [2.45, 2.75) is 20.0 Å². The molecule has 0 fully saturated rings. The van der Waals surface area contributed by atoms with Crippen LogP contribution in [0.3, 0.4) is 0 Å². The lowest BCUT2D eigenvalue weighted by Crippen LogP contribution is -2.26. The molecule has 2 aromatic rings. The van der Waals surface area contributed by atoms with E-state index in [0.29, 0.717) is 19.4 Å². The second-order valence-corrected chi connectivity index (χ2v) is 5.20. The molecule has 0 bridgehead atoms. The van der Waals surface area contributed by atoms with Gasteiger partial charge in [0, 0.05) is 12.2 Å². The maximum absolute atomic E-state index is 11.6. The van der Waals surface area contributed by atoms with Gasteiger partial charge in [-0.05, 0) is 36.6 Å². The molecule has 0 saturated carbocycles. The van der Waals surface area contributed by atoms with Gasteiger partial charge < -0.3 is 15.4 Å². The van der Waals surface area contributed by atoms with Gasteiger partial charge in [0.25, 0.3) is 0 Å². The molecule has 5 nitrogen and oxygen atoms in total. The summed E-state index contributed by atoms with van der Waals surface area (Å²) in [6.45, 7) is 2.77. The number of ether oxygens (including phenoxy) is 1. The normalized spacial score (nSPS) is 9.96. The average molecular weight is 312 g/mol. The summed E-state index contributed by atoms with van der Waals surface area (Å²) < 4.78 is 5.16. The van der Waals surface area contributed by atoms with Crippen LogP contribution in [0.2, 0.25) is 0 Å². The van der Waals surface area contributed by atoms with Crippen LogP contribution in [0.25, 0.3) is 0 Å². The number of nitrogens with one attached hydrogen (secondary N) is 2. The van der Waals surface area contributed by atoms with Crippen LogP contribution in [-0.2, 0) is 22.6 Å².